The molecule has 0 aliphatic carbocycles. The summed E-state index contributed by atoms with van der Waals surface area (Å²) in [7, 11) is 0. The Labute approximate surface area is 98.5 Å². The van der Waals surface area contributed by atoms with Gasteiger partial charge < -0.3 is 9.64 Å². The summed E-state index contributed by atoms with van der Waals surface area (Å²) in [5.41, 5.74) is -0.406. The lowest BCUT2D eigenvalue weighted by atomic mass is 9.95. The average molecular weight is 225 g/mol. The van der Waals surface area contributed by atoms with Crippen LogP contribution in [0.25, 0.3) is 0 Å². The van der Waals surface area contributed by atoms with Gasteiger partial charge in [-0.15, -0.1) is 6.58 Å². The lowest BCUT2D eigenvalue weighted by Gasteiger charge is -2.24. The molecule has 3 heteroatoms. The van der Waals surface area contributed by atoms with Crippen LogP contribution in [0.3, 0.4) is 0 Å². The Morgan fingerprint density at radius 3 is 2.62 bits per heavy atom. The molecule has 0 N–H and O–H groups in total. The van der Waals surface area contributed by atoms with Crippen LogP contribution in [0.15, 0.2) is 12.7 Å². The lowest BCUT2D eigenvalue weighted by molar-refractivity contribution is 0.0285. The molecular weight excluding hydrogens is 202 g/mol. The Bertz CT molecular complexity index is 268. The first-order chi connectivity index (χ1) is 7.33. The van der Waals surface area contributed by atoms with Crippen LogP contribution >= 0.6 is 0 Å². The minimum Gasteiger partial charge on any atom is -0.444 e. The number of likely N-dealkylation sites (tertiary alicyclic amines) is 1. The number of carbonyl (C=O) groups excluding carboxylic acids is 1. The Morgan fingerprint density at radius 2 is 2.12 bits per heavy atom. The maximum Gasteiger partial charge on any atom is 0.410 e. The fourth-order valence-corrected chi connectivity index (χ4v) is 2.03. The van der Waals surface area contributed by atoms with Crippen LogP contribution in [0.2, 0.25) is 0 Å². The third-order valence-electron chi connectivity index (χ3n) is 2.89. The van der Waals surface area contributed by atoms with Gasteiger partial charge in [-0.2, -0.15) is 0 Å². The number of hydrogen-bond acceptors (Lipinski definition) is 2. The van der Waals surface area contributed by atoms with Gasteiger partial charge in [0.2, 0.25) is 0 Å². The molecule has 0 unspecified atom stereocenters. The molecule has 1 fully saturated rings. The van der Waals surface area contributed by atoms with Gasteiger partial charge in [0.25, 0.3) is 0 Å². The Kier molecular flexibility index (Phi) is 4.00. The van der Waals surface area contributed by atoms with Gasteiger partial charge >= 0.3 is 6.09 Å². The van der Waals surface area contributed by atoms with Crippen molar-refractivity contribution in [3.8, 4) is 0 Å². The lowest BCUT2D eigenvalue weighted by Crippen LogP contribution is -2.35. The van der Waals surface area contributed by atoms with E-state index in [0.717, 1.165) is 19.5 Å². The summed E-state index contributed by atoms with van der Waals surface area (Å²) in [5.74, 6) is 1.07. The monoisotopic (exact) mass is 225 g/mol. The van der Waals surface area contributed by atoms with E-state index in [-0.39, 0.29) is 6.09 Å². The van der Waals surface area contributed by atoms with Crippen LogP contribution in [-0.2, 0) is 4.74 Å². The number of hydrogen-bond donors (Lipinski definition) is 0. The third kappa shape index (κ3) is 3.54. The molecule has 0 bridgehead atoms. The van der Waals surface area contributed by atoms with Gasteiger partial charge in [0.1, 0.15) is 5.60 Å². The van der Waals surface area contributed by atoms with E-state index in [1.165, 1.54) is 0 Å². The maximum atomic E-state index is 11.8. The van der Waals surface area contributed by atoms with Gasteiger partial charge in [-0.3, -0.25) is 0 Å². The summed E-state index contributed by atoms with van der Waals surface area (Å²) < 4.78 is 5.36. The molecule has 1 heterocycles. The topological polar surface area (TPSA) is 29.5 Å². The summed E-state index contributed by atoms with van der Waals surface area (Å²) in [5, 5.41) is 0. The first-order valence-corrected chi connectivity index (χ1v) is 5.92. The van der Waals surface area contributed by atoms with Gasteiger partial charge in [0.05, 0.1) is 0 Å². The van der Waals surface area contributed by atoms with Crippen molar-refractivity contribution in [1.29, 1.82) is 0 Å². The van der Waals surface area contributed by atoms with E-state index in [0.29, 0.717) is 11.8 Å². The van der Waals surface area contributed by atoms with Crippen molar-refractivity contribution in [1.82, 2.24) is 4.90 Å². The van der Waals surface area contributed by atoms with E-state index in [4.69, 9.17) is 4.74 Å². The highest BCUT2D eigenvalue weighted by Crippen LogP contribution is 2.27. The second-order valence-corrected chi connectivity index (χ2v) is 5.65. The second-order valence-electron chi connectivity index (χ2n) is 5.65. The van der Waals surface area contributed by atoms with E-state index in [9.17, 15) is 4.79 Å². The van der Waals surface area contributed by atoms with Crippen molar-refractivity contribution >= 4 is 6.09 Å². The molecule has 1 aliphatic heterocycles. The molecule has 0 spiro atoms. The predicted octanol–water partition coefficient (Wildman–Crippen LogP) is 3.07. The van der Waals surface area contributed by atoms with Crippen molar-refractivity contribution in [2.75, 3.05) is 13.1 Å². The van der Waals surface area contributed by atoms with Crippen LogP contribution in [0, 0.1) is 11.8 Å². The minimum atomic E-state index is -0.406. The minimum absolute atomic E-state index is 0.189. The van der Waals surface area contributed by atoms with Crippen molar-refractivity contribution in [3.63, 3.8) is 0 Å². The van der Waals surface area contributed by atoms with Crippen molar-refractivity contribution < 1.29 is 9.53 Å². The van der Waals surface area contributed by atoms with Crippen LogP contribution in [0.1, 0.15) is 34.1 Å². The molecule has 0 aromatic rings. The van der Waals surface area contributed by atoms with Crippen LogP contribution in [-0.4, -0.2) is 29.7 Å². The maximum absolute atomic E-state index is 11.8. The van der Waals surface area contributed by atoms with E-state index >= 15 is 0 Å². The van der Waals surface area contributed by atoms with Crippen LogP contribution in [0.4, 0.5) is 4.79 Å². The molecule has 1 amide bonds. The van der Waals surface area contributed by atoms with Crippen molar-refractivity contribution in [3.05, 3.63) is 12.7 Å². The molecular formula is C13H23NO2. The molecule has 1 saturated heterocycles. The van der Waals surface area contributed by atoms with E-state index in [1.807, 2.05) is 31.7 Å². The molecule has 0 radical (unpaired) electrons. The van der Waals surface area contributed by atoms with E-state index in [1.54, 1.807) is 0 Å². The number of carbonyl (C=O) groups is 1. The molecule has 0 aromatic carbocycles. The molecule has 16 heavy (non-hydrogen) atoms. The van der Waals surface area contributed by atoms with Gasteiger partial charge in [-0.05, 0) is 39.0 Å². The van der Waals surface area contributed by atoms with Crippen LogP contribution in [0.5, 0.6) is 0 Å². The zero-order valence-corrected chi connectivity index (χ0v) is 10.8. The molecule has 0 saturated carbocycles. The normalized spacial score (nSPS) is 25.6. The van der Waals surface area contributed by atoms with Crippen molar-refractivity contribution in [2.45, 2.75) is 39.7 Å². The summed E-state index contributed by atoms with van der Waals surface area (Å²) in [4.78, 5) is 13.6. The molecule has 3 nitrogen and oxygen atoms in total. The number of ether oxygens (including phenoxy) is 1. The first-order valence-electron chi connectivity index (χ1n) is 5.92. The SMILES string of the molecule is C=CC[C@@H]1CN(C(=O)OC(C)(C)C)C[C@@H]1C. The molecule has 2 atom stereocenters. The Hall–Kier alpha value is -0.990. The molecule has 1 aliphatic rings. The molecule has 1 rings (SSSR count). The van der Waals surface area contributed by atoms with E-state index in [2.05, 4.69) is 13.5 Å². The van der Waals surface area contributed by atoms with Gasteiger partial charge in [0.15, 0.2) is 0 Å². The first kappa shape index (κ1) is 13.1. The van der Waals surface area contributed by atoms with Crippen molar-refractivity contribution in [2.24, 2.45) is 11.8 Å². The zero-order valence-electron chi connectivity index (χ0n) is 10.8. The smallest absolute Gasteiger partial charge is 0.410 e. The highest BCUT2D eigenvalue weighted by Gasteiger charge is 2.33. The van der Waals surface area contributed by atoms with Gasteiger partial charge in [-0.1, -0.05) is 13.0 Å². The predicted molar refractivity (Wildman–Crippen MR) is 65.3 cm³/mol. The largest absolute Gasteiger partial charge is 0.444 e. The third-order valence-corrected chi connectivity index (χ3v) is 2.89. The van der Waals surface area contributed by atoms with Gasteiger partial charge in [-0.25, -0.2) is 4.79 Å². The standard InChI is InChI=1S/C13H23NO2/c1-6-7-11-9-14(8-10(11)2)12(15)16-13(3,4)5/h6,10-11H,1,7-9H2,2-5H3/t10-,11+/m0/s1. The van der Waals surface area contributed by atoms with Crippen LogP contribution < -0.4 is 0 Å². The quantitative estimate of drug-likeness (QED) is 0.676. The number of allylic oxidation sites excluding steroid dienone is 1. The summed E-state index contributed by atoms with van der Waals surface area (Å²) in [6.07, 6.45) is 2.71. The number of rotatable bonds is 2. The van der Waals surface area contributed by atoms with Gasteiger partial charge in [0, 0.05) is 13.1 Å². The van der Waals surface area contributed by atoms with E-state index < -0.39 is 5.60 Å². The average Bonchev–Trinajstić information content (AvgIpc) is 2.46. The molecule has 92 valence electrons. The number of amides is 1. The Morgan fingerprint density at radius 1 is 1.50 bits per heavy atom. The highest BCUT2D eigenvalue weighted by molar-refractivity contribution is 5.68. The fourth-order valence-electron chi connectivity index (χ4n) is 2.03. The highest BCUT2D eigenvalue weighted by atomic mass is 16.6. The fraction of sp³-hybridized carbons (Fsp3) is 0.769. The number of nitrogens with zero attached hydrogens (tertiary/aromatic N) is 1. The zero-order chi connectivity index (χ0) is 12.3. The summed E-state index contributed by atoms with van der Waals surface area (Å²) in [6, 6.07) is 0. The second kappa shape index (κ2) is 4.89. The summed E-state index contributed by atoms with van der Waals surface area (Å²) >= 11 is 0. The molecule has 0 aromatic heterocycles. The Balaban J connectivity index is 2.51. The summed E-state index contributed by atoms with van der Waals surface area (Å²) in [6.45, 7) is 13.2.